The van der Waals surface area contributed by atoms with Crippen molar-refractivity contribution < 1.29 is 9.53 Å². The van der Waals surface area contributed by atoms with Crippen LogP contribution in [-0.4, -0.2) is 29.1 Å². The van der Waals surface area contributed by atoms with Crippen molar-refractivity contribution in [2.24, 2.45) is 0 Å². The number of rotatable bonds is 9. The lowest BCUT2D eigenvalue weighted by Crippen LogP contribution is -2.07. The molecule has 0 fully saturated rings. The van der Waals surface area contributed by atoms with Gasteiger partial charge >= 0.3 is 5.97 Å². The summed E-state index contributed by atoms with van der Waals surface area (Å²) < 4.78 is 5.03. The van der Waals surface area contributed by atoms with Crippen LogP contribution >= 0.6 is 0 Å². The van der Waals surface area contributed by atoms with Gasteiger partial charge in [0.1, 0.15) is 5.82 Å². The maximum atomic E-state index is 11.8. The highest BCUT2D eigenvalue weighted by molar-refractivity contribution is 5.89. The van der Waals surface area contributed by atoms with Gasteiger partial charge in [0, 0.05) is 23.9 Å². The van der Waals surface area contributed by atoms with Crippen LogP contribution in [0.25, 0.3) is 11.3 Å². The predicted octanol–water partition coefficient (Wildman–Crippen LogP) is 5.28. The number of hydrogen-bond acceptors (Lipinski definition) is 6. The molecule has 3 rings (SSSR count). The fourth-order valence-electron chi connectivity index (χ4n) is 2.78. The second-order valence-corrected chi connectivity index (χ2v) is 6.53. The monoisotopic (exact) mass is 390 g/mol. The molecular weight excluding hydrogens is 364 g/mol. The first-order chi connectivity index (χ1) is 14.2. The summed E-state index contributed by atoms with van der Waals surface area (Å²) in [6.07, 6.45) is 2.15. The summed E-state index contributed by atoms with van der Waals surface area (Å²) in [4.78, 5) is 21.1. The fraction of sp³-hybridized carbons (Fsp3) is 0.261. The zero-order valence-corrected chi connectivity index (χ0v) is 16.8. The van der Waals surface area contributed by atoms with E-state index in [0.717, 1.165) is 36.3 Å². The summed E-state index contributed by atoms with van der Waals surface area (Å²) in [7, 11) is 0. The standard InChI is InChI=1S/C23H26N4O2/c1-3-5-15-24-23-26-20(17-9-7-6-8-10-17)16-21(27-23)25-19-13-11-18(12-14-19)22(28)29-4-2/h6-14,16H,3-5,15H2,1-2H3,(H2,24,25,26,27). The quantitative estimate of drug-likeness (QED) is 0.383. The lowest BCUT2D eigenvalue weighted by atomic mass is 10.1. The van der Waals surface area contributed by atoms with Crippen molar-refractivity contribution in [2.45, 2.75) is 26.7 Å². The molecule has 0 aliphatic rings. The minimum atomic E-state index is -0.324. The molecule has 150 valence electrons. The van der Waals surface area contributed by atoms with Crippen LogP contribution in [0.2, 0.25) is 0 Å². The molecule has 3 aromatic rings. The van der Waals surface area contributed by atoms with E-state index in [4.69, 9.17) is 4.74 Å². The van der Waals surface area contributed by atoms with E-state index >= 15 is 0 Å². The van der Waals surface area contributed by atoms with Gasteiger partial charge in [0.05, 0.1) is 17.9 Å². The van der Waals surface area contributed by atoms with Gasteiger partial charge in [-0.2, -0.15) is 4.98 Å². The topological polar surface area (TPSA) is 76.1 Å². The molecule has 29 heavy (non-hydrogen) atoms. The number of ether oxygens (including phenoxy) is 1. The summed E-state index contributed by atoms with van der Waals surface area (Å²) in [6.45, 7) is 5.12. The number of benzene rings is 2. The van der Waals surface area contributed by atoms with Gasteiger partial charge in [0.25, 0.3) is 0 Å². The molecule has 0 radical (unpaired) electrons. The van der Waals surface area contributed by atoms with E-state index in [2.05, 4.69) is 27.5 Å². The number of carbonyl (C=O) groups excluding carboxylic acids is 1. The SMILES string of the molecule is CCCCNc1nc(Nc2ccc(C(=O)OCC)cc2)cc(-c2ccccc2)n1. The van der Waals surface area contributed by atoms with Gasteiger partial charge in [-0.3, -0.25) is 0 Å². The van der Waals surface area contributed by atoms with Gasteiger partial charge in [0.15, 0.2) is 0 Å². The van der Waals surface area contributed by atoms with Crippen LogP contribution in [0.3, 0.4) is 0 Å². The lowest BCUT2D eigenvalue weighted by Gasteiger charge is -2.12. The molecule has 2 aromatic carbocycles. The highest BCUT2D eigenvalue weighted by Crippen LogP contribution is 2.24. The van der Waals surface area contributed by atoms with Crippen LogP contribution in [0.1, 0.15) is 37.0 Å². The third-order valence-corrected chi connectivity index (χ3v) is 4.28. The molecule has 0 saturated carbocycles. The maximum absolute atomic E-state index is 11.8. The van der Waals surface area contributed by atoms with Gasteiger partial charge in [0.2, 0.25) is 5.95 Å². The van der Waals surface area contributed by atoms with Crippen molar-refractivity contribution in [3.8, 4) is 11.3 Å². The average Bonchev–Trinajstić information content (AvgIpc) is 2.75. The Labute approximate surface area is 171 Å². The first-order valence-electron chi connectivity index (χ1n) is 9.92. The number of nitrogens with zero attached hydrogens (tertiary/aromatic N) is 2. The molecule has 0 spiro atoms. The molecule has 1 heterocycles. The number of anilines is 3. The molecule has 0 aliphatic heterocycles. The van der Waals surface area contributed by atoms with Crippen molar-refractivity contribution in [3.63, 3.8) is 0 Å². The molecule has 0 bridgehead atoms. The molecule has 6 nitrogen and oxygen atoms in total. The van der Waals surface area contributed by atoms with Gasteiger partial charge in [-0.25, -0.2) is 9.78 Å². The smallest absolute Gasteiger partial charge is 0.338 e. The zero-order chi connectivity index (χ0) is 20.5. The van der Waals surface area contributed by atoms with Crippen molar-refractivity contribution >= 4 is 23.4 Å². The van der Waals surface area contributed by atoms with Crippen molar-refractivity contribution in [3.05, 3.63) is 66.2 Å². The first kappa shape index (κ1) is 20.3. The van der Waals surface area contributed by atoms with Gasteiger partial charge < -0.3 is 15.4 Å². The third-order valence-electron chi connectivity index (χ3n) is 4.28. The van der Waals surface area contributed by atoms with Crippen molar-refractivity contribution in [1.82, 2.24) is 9.97 Å². The first-order valence-corrected chi connectivity index (χ1v) is 9.92. The number of esters is 1. The zero-order valence-electron chi connectivity index (χ0n) is 16.8. The van der Waals surface area contributed by atoms with Gasteiger partial charge in [-0.05, 0) is 37.6 Å². The van der Waals surface area contributed by atoms with Crippen molar-refractivity contribution in [2.75, 3.05) is 23.8 Å². The van der Waals surface area contributed by atoms with E-state index < -0.39 is 0 Å². The molecule has 6 heteroatoms. The second-order valence-electron chi connectivity index (χ2n) is 6.53. The number of nitrogens with one attached hydrogen (secondary N) is 2. The molecule has 0 saturated heterocycles. The number of hydrogen-bond donors (Lipinski definition) is 2. The summed E-state index contributed by atoms with van der Waals surface area (Å²) in [6, 6.07) is 19.1. The summed E-state index contributed by atoms with van der Waals surface area (Å²) in [5.74, 6) is 0.946. The Hall–Kier alpha value is -3.41. The molecular formula is C23H26N4O2. The molecule has 1 aromatic heterocycles. The maximum Gasteiger partial charge on any atom is 0.338 e. The number of carbonyl (C=O) groups is 1. The summed E-state index contributed by atoms with van der Waals surface area (Å²) >= 11 is 0. The van der Waals surface area contributed by atoms with Crippen LogP contribution in [-0.2, 0) is 4.74 Å². The highest BCUT2D eigenvalue weighted by Gasteiger charge is 2.09. The van der Waals surface area contributed by atoms with E-state index in [1.807, 2.05) is 48.5 Å². The van der Waals surface area contributed by atoms with Crippen LogP contribution in [0, 0.1) is 0 Å². The minimum Gasteiger partial charge on any atom is -0.462 e. The van der Waals surface area contributed by atoms with Crippen molar-refractivity contribution in [1.29, 1.82) is 0 Å². The van der Waals surface area contributed by atoms with Crippen LogP contribution < -0.4 is 10.6 Å². The second kappa shape index (κ2) is 10.2. The van der Waals surface area contributed by atoms with Crippen LogP contribution in [0.5, 0.6) is 0 Å². The Kier molecular flexibility index (Phi) is 7.16. The molecule has 0 aliphatic carbocycles. The molecule has 0 atom stereocenters. The number of unbranched alkanes of at least 4 members (excludes halogenated alkanes) is 1. The van der Waals surface area contributed by atoms with Gasteiger partial charge in [-0.15, -0.1) is 0 Å². The van der Waals surface area contributed by atoms with E-state index in [9.17, 15) is 4.79 Å². The Bertz CT molecular complexity index is 927. The largest absolute Gasteiger partial charge is 0.462 e. The molecule has 0 amide bonds. The minimum absolute atomic E-state index is 0.324. The van der Waals surface area contributed by atoms with E-state index in [1.165, 1.54) is 0 Å². The van der Waals surface area contributed by atoms with E-state index in [-0.39, 0.29) is 5.97 Å². The molecule has 2 N–H and O–H groups in total. The normalized spacial score (nSPS) is 10.4. The van der Waals surface area contributed by atoms with E-state index in [0.29, 0.717) is 23.9 Å². The van der Waals surface area contributed by atoms with Gasteiger partial charge in [-0.1, -0.05) is 43.7 Å². The highest BCUT2D eigenvalue weighted by atomic mass is 16.5. The van der Waals surface area contributed by atoms with Crippen LogP contribution in [0.4, 0.5) is 17.5 Å². The van der Waals surface area contributed by atoms with Crippen LogP contribution in [0.15, 0.2) is 60.7 Å². The number of aromatic nitrogens is 2. The third kappa shape index (κ3) is 5.78. The Morgan fingerprint density at radius 3 is 2.45 bits per heavy atom. The Morgan fingerprint density at radius 1 is 1.00 bits per heavy atom. The lowest BCUT2D eigenvalue weighted by molar-refractivity contribution is 0.0526. The fourth-order valence-corrected chi connectivity index (χ4v) is 2.78. The van der Waals surface area contributed by atoms with E-state index in [1.54, 1.807) is 19.1 Å². The summed E-state index contributed by atoms with van der Waals surface area (Å²) in [5.41, 5.74) is 3.21. The average molecular weight is 390 g/mol. The Balaban J connectivity index is 1.83. The molecule has 0 unspecified atom stereocenters. The summed E-state index contributed by atoms with van der Waals surface area (Å²) in [5, 5.41) is 6.60. The predicted molar refractivity (Wildman–Crippen MR) is 117 cm³/mol. The Morgan fingerprint density at radius 2 is 1.76 bits per heavy atom.